The third-order valence-electron chi connectivity index (χ3n) is 1.46. The number of furan rings is 1. The summed E-state index contributed by atoms with van der Waals surface area (Å²) in [5.74, 6) is 0.0125. The van der Waals surface area contributed by atoms with Gasteiger partial charge in [-0.1, -0.05) is 5.16 Å². The smallest absolute Gasteiger partial charge is 0.399 e. The Balaban J connectivity index is 2.39. The molecular weight excluding hydrogens is 176 g/mol. The van der Waals surface area contributed by atoms with Crippen LogP contribution in [-0.2, 0) is 0 Å². The molecule has 0 saturated carbocycles. The van der Waals surface area contributed by atoms with Crippen molar-refractivity contribution in [3.05, 3.63) is 34.6 Å². The van der Waals surface area contributed by atoms with Crippen molar-refractivity contribution < 1.29 is 13.9 Å². The van der Waals surface area contributed by atoms with E-state index in [1.165, 1.54) is 18.4 Å². The standard InChI is InChI=1S/C7H4N2O4/c10-9(11)7-2-1-6(13-7)5-3-4-12-8-5/h1-4H. The molecule has 0 aliphatic heterocycles. The van der Waals surface area contributed by atoms with Crippen molar-refractivity contribution in [3.8, 4) is 11.5 Å². The van der Waals surface area contributed by atoms with Crippen LogP contribution >= 0.6 is 0 Å². The van der Waals surface area contributed by atoms with Crippen molar-refractivity contribution in [1.29, 1.82) is 0 Å². The molecule has 66 valence electrons. The van der Waals surface area contributed by atoms with Crippen LogP contribution in [0.1, 0.15) is 0 Å². The topological polar surface area (TPSA) is 82.3 Å². The van der Waals surface area contributed by atoms with E-state index in [2.05, 4.69) is 9.68 Å². The summed E-state index contributed by atoms with van der Waals surface area (Å²) in [5, 5.41) is 13.8. The van der Waals surface area contributed by atoms with Crippen LogP contribution in [0.15, 0.2) is 33.4 Å². The zero-order valence-electron chi connectivity index (χ0n) is 6.34. The minimum Gasteiger partial charge on any atom is -0.399 e. The van der Waals surface area contributed by atoms with E-state index in [1.807, 2.05) is 0 Å². The molecule has 0 fully saturated rings. The molecule has 0 aliphatic rings. The van der Waals surface area contributed by atoms with Gasteiger partial charge < -0.3 is 8.94 Å². The summed E-state index contributed by atoms with van der Waals surface area (Å²) < 4.78 is 9.43. The van der Waals surface area contributed by atoms with Crippen molar-refractivity contribution in [3.63, 3.8) is 0 Å². The zero-order valence-corrected chi connectivity index (χ0v) is 6.34. The first-order chi connectivity index (χ1) is 6.27. The second-order valence-electron chi connectivity index (χ2n) is 2.28. The van der Waals surface area contributed by atoms with Gasteiger partial charge in [-0.05, 0) is 6.07 Å². The van der Waals surface area contributed by atoms with Crippen molar-refractivity contribution in [2.75, 3.05) is 0 Å². The molecule has 0 unspecified atom stereocenters. The Hall–Kier alpha value is -2.11. The van der Waals surface area contributed by atoms with Crippen LogP contribution in [0.3, 0.4) is 0 Å². The van der Waals surface area contributed by atoms with Crippen LogP contribution in [0.5, 0.6) is 0 Å². The Morgan fingerprint density at radius 2 is 2.23 bits per heavy atom. The molecule has 2 heterocycles. The maximum absolute atomic E-state index is 10.3. The lowest BCUT2D eigenvalue weighted by atomic mass is 10.3. The van der Waals surface area contributed by atoms with Crippen LogP contribution in [-0.4, -0.2) is 10.1 Å². The highest BCUT2D eigenvalue weighted by atomic mass is 16.6. The lowest BCUT2D eigenvalue weighted by Crippen LogP contribution is -1.82. The maximum atomic E-state index is 10.3. The molecule has 2 aromatic heterocycles. The van der Waals surface area contributed by atoms with Gasteiger partial charge in [-0.15, -0.1) is 0 Å². The average Bonchev–Trinajstić information content (AvgIpc) is 2.75. The molecule has 0 N–H and O–H groups in total. The fourth-order valence-corrected chi connectivity index (χ4v) is 0.903. The Morgan fingerprint density at radius 1 is 1.38 bits per heavy atom. The predicted octanol–water partition coefficient (Wildman–Crippen LogP) is 1.84. The summed E-state index contributed by atoms with van der Waals surface area (Å²) in [6.45, 7) is 0. The van der Waals surface area contributed by atoms with Gasteiger partial charge in [0.2, 0.25) is 0 Å². The highest BCUT2D eigenvalue weighted by Crippen LogP contribution is 2.24. The summed E-state index contributed by atoms with van der Waals surface area (Å²) in [7, 11) is 0. The Kier molecular flexibility index (Phi) is 1.59. The molecule has 6 heteroatoms. The minimum atomic E-state index is -0.608. The van der Waals surface area contributed by atoms with Crippen LogP contribution in [0.2, 0.25) is 0 Å². The van der Waals surface area contributed by atoms with Gasteiger partial charge in [-0.25, -0.2) is 0 Å². The van der Waals surface area contributed by atoms with Crippen molar-refractivity contribution in [2.24, 2.45) is 0 Å². The first-order valence-corrected chi connectivity index (χ1v) is 3.42. The maximum Gasteiger partial charge on any atom is 0.433 e. The number of nitrogens with zero attached hydrogens (tertiary/aromatic N) is 2. The second-order valence-corrected chi connectivity index (χ2v) is 2.28. The van der Waals surface area contributed by atoms with E-state index in [-0.39, 0.29) is 5.88 Å². The average molecular weight is 180 g/mol. The van der Waals surface area contributed by atoms with Crippen molar-refractivity contribution in [1.82, 2.24) is 5.16 Å². The first kappa shape index (κ1) is 7.53. The fourth-order valence-electron chi connectivity index (χ4n) is 0.903. The van der Waals surface area contributed by atoms with Crippen molar-refractivity contribution >= 4 is 5.88 Å². The van der Waals surface area contributed by atoms with Gasteiger partial charge in [0.15, 0.2) is 5.76 Å². The van der Waals surface area contributed by atoms with E-state index in [1.54, 1.807) is 6.07 Å². The van der Waals surface area contributed by atoms with Gasteiger partial charge in [0.05, 0.1) is 6.07 Å². The van der Waals surface area contributed by atoms with Gasteiger partial charge in [-0.2, -0.15) is 0 Å². The zero-order chi connectivity index (χ0) is 9.26. The molecule has 2 rings (SSSR count). The molecule has 0 radical (unpaired) electrons. The highest BCUT2D eigenvalue weighted by molar-refractivity contribution is 5.52. The third-order valence-corrected chi connectivity index (χ3v) is 1.46. The van der Waals surface area contributed by atoms with Crippen LogP contribution in [0, 0.1) is 10.1 Å². The number of rotatable bonds is 2. The number of hydrogen-bond acceptors (Lipinski definition) is 5. The van der Waals surface area contributed by atoms with Gasteiger partial charge in [0.25, 0.3) is 0 Å². The van der Waals surface area contributed by atoms with E-state index in [4.69, 9.17) is 4.42 Å². The largest absolute Gasteiger partial charge is 0.433 e. The molecule has 0 bridgehead atoms. The summed E-state index contributed by atoms with van der Waals surface area (Å²) in [4.78, 5) is 9.64. The molecule has 6 nitrogen and oxygen atoms in total. The van der Waals surface area contributed by atoms with E-state index < -0.39 is 4.92 Å². The first-order valence-electron chi connectivity index (χ1n) is 3.42. The van der Waals surface area contributed by atoms with Gasteiger partial charge in [0, 0.05) is 6.07 Å². The molecule has 0 amide bonds. The van der Waals surface area contributed by atoms with Gasteiger partial charge in [0.1, 0.15) is 16.9 Å². The number of nitro groups is 1. The quantitative estimate of drug-likeness (QED) is 0.520. The van der Waals surface area contributed by atoms with Crippen LogP contribution in [0.4, 0.5) is 5.88 Å². The Morgan fingerprint density at radius 3 is 2.77 bits per heavy atom. The van der Waals surface area contributed by atoms with E-state index in [0.29, 0.717) is 11.5 Å². The molecule has 2 aromatic rings. The lowest BCUT2D eigenvalue weighted by Gasteiger charge is -1.84. The second kappa shape index (κ2) is 2.74. The van der Waals surface area contributed by atoms with Crippen molar-refractivity contribution in [2.45, 2.75) is 0 Å². The number of aromatic nitrogens is 1. The highest BCUT2D eigenvalue weighted by Gasteiger charge is 2.14. The number of hydrogen-bond donors (Lipinski definition) is 0. The predicted molar refractivity (Wildman–Crippen MR) is 40.9 cm³/mol. The molecule has 0 atom stereocenters. The normalized spacial score (nSPS) is 10.2. The van der Waals surface area contributed by atoms with Gasteiger partial charge in [-0.3, -0.25) is 10.1 Å². The monoisotopic (exact) mass is 180 g/mol. The van der Waals surface area contributed by atoms with Crippen LogP contribution in [0.25, 0.3) is 11.5 Å². The molecule has 0 spiro atoms. The minimum absolute atomic E-state index is 0.307. The fraction of sp³-hybridized carbons (Fsp3) is 0. The lowest BCUT2D eigenvalue weighted by molar-refractivity contribution is -0.401. The summed E-state index contributed by atoms with van der Waals surface area (Å²) >= 11 is 0. The summed E-state index contributed by atoms with van der Waals surface area (Å²) in [6.07, 6.45) is 1.36. The molecular formula is C7H4N2O4. The van der Waals surface area contributed by atoms with Gasteiger partial charge >= 0.3 is 5.88 Å². The van der Waals surface area contributed by atoms with E-state index in [0.717, 1.165) is 0 Å². The molecule has 0 saturated heterocycles. The SMILES string of the molecule is O=[N+]([O-])c1ccc(-c2ccon2)o1. The Labute approximate surface area is 71.9 Å². The summed E-state index contributed by atoms with van der Waals surface area (Å²) in [6, 6.07) is 4.29. The summed E-state index contributed by atoms with van der Waals surface area (Å²) in [5.41, 5.74) is 0.438. The molecule has 13 heavy (non-hydrogen) atoms. The van der Waals surface area contributed by atoms with E-state index >= 15 is 0 Å². The molecule has 0 aromatic carbocycles. The molecule has 0 aliphatic carbocycles. The van der Waals surface area contributed by atoms with Crippen LogP contribution < -0.4 is 0 Å². The van der Waals surface area contributed by atoms with E-state index in [9.17, 15) is 10.1 Å². The Bertz CT molecular complexity index is 417. The third kappa shape index (κ3) is 1.28.